The number of esters is 2. The fourth-order valence-electron chi connectivity index (χ4n) is 9.52. The molecule has 0 spiro atoms. The van der Waals surface area contributed by atoms with Gasteiger partial charge < -0.3 is 18.9 Å². The third-order valence-corrected chi connectivity index (χ3v) is 12.7. The Morgan fingerprint density at radius 1 is 0.517 bits per heavy atom. The number of fused-ring (bicyclic) bond motifs is 2. The zero-order valence-electron chi connectivity index (χ0n) is 33.1. The van der Waals surface area contributed by atoms with Crippen LogP contribution in [0.3, 0.4) is 0 Å². The van der Waals surface area contributed by atoms with Crippen LogP contribution in [0, 0.1) is 11.8 Å². The highest BCUT2D eigenvalue weighted by Gasteiger charge is 2.42. The lowest BCUT2D eigenvalue weighted by Gasteiger charge is -2.43. The summed E-state index contributed by atoms with van der Waals surface area (Å²) < 4.78 is 23.1. The summed E-state index contributed by atoms with van der Waals surface area (Å²) >= 11 is 0. The van der Waals surface area contributed by atoms with Gasteiger partial charge in [0.25, 0.3) is 0 Å². The first-order chi connectivity index (χ1) is 28.3. The molecule has 4 heterocycles. The predicted molar refractivity (Wildman–Crippen MR) is 214 cm³/mol. The Morgan fingerprint density at radius 3 is 1.24 bits per heavy atom. The van der Waals surface area contributed by atoms with Gasteiger partial charge in [0.05, 0.1) is 26.3 Å². The van der Waals surface area contributed by atoms with Gasteiger partial charge in [0.2, 0.25) is 0 Å². The first-order valence-electron chi connectivity index (χ1n) is 20.4. The second-order valence-electron chi connectivity index (χ2n) is 15.8. The fourth-order valence-corrected chi connectivity index (χ4v) is 9.52. The number of methoxy groups -OCH3 is 2. The van der Waals surface area contributed by atoms with Gasteiger partial charge in [-0.1, -0.05) is 48.5 Å². The molecule has 12 heteroatoms. The summed E-state index contributed by atoms with van der Waals surface area (Å²) in [6, 6.07) is 22.9. The molecule has 12 nitrogen and oxygen atoms in total. The van der Waals surface area contributed by atoms with Gasteiger partial charge >= 0.3 is 11.9 Å². The zero-order valence-corrected chi connectivity index (χ0v) is 33.1. The van der Waals surface area contributed by atoms with Gasteiger partial charge in [0, 0.05) is 37.1 Å². The lowest BCUT2D eigenvalue weighted by atomic mass is 9.83. The van der Waals surface area contributed by atoms with Crippen LogP contribution < -0.4 is 9.47 Å². The number of carbonyl (C=O) groups excluding carboxylic acids is 4. The highest BCUT2D eigenvalue weighted by molar-refractivity contribution is 6.29. The van der Waals surface area contributed by atoms with Crippen LogP contribution in [0.25, 0.3) is 0 Å². The molecule has 2 aliphatic carbocycles. The van der Waals surface area contributed by atoms with Crippen molar-refractivity contribution in [3.8, 4) is 11.5 Å². The number of benzene rings is 2. The van der Waals surface area contributed by atoms with Crippen molar-refractivity contribution in [1.82, 2.24) is 19.8 Å². The number of pyridine rings is 2. The first-order valence-corrected chi connectivity index (χ1v) is 20.4. The number of ether oxygens (including phenoxy) is 4. The summed E-state index contributed by atoms with van der Waals surface area (Å²) in [4.78, 5) is 67.7. The number of likely N-dealkylation sites (tertiary alicyclic amines) is 2. The number of aromatic nitrogens is 2. The largest absolute Gasteiger partial charge is 0.494 e. The molecule has 0 radical (unpaired) electrons. The molecule has 2 aromatic heterocycles. The van der Waals surface area contributed by atoms with E-state index < -0.39 is 24.1 Å². The van der Waals surface area contributed by atoms with Crippen LogP contribution in [0.4, 0.5) is 0 Å². The molecular weight excluding hydrogens is 737 g/mol. The highest BCUT2D eigenvalue weighted by Crippen LogP contribution is 2.34. The summed E-state index contributed by atoms with van der Waals surface area (Å²) in [5, 5.41) is 0. The summed E-state index contributed by atoms with van der Waals surface area (Å²) in [7, 11) is 3.08. The van der Waals surface area contributed by atoms with E-state index in [1.54, 1.807) is 50.9 Å². The molecule has 4 unspecified atom stereocenters. The first kappa shape index (κ1) is 39.4. The fraction of sp³-hybridized carbons (Fsp3) is 0.435. The van der Waals surface area contributed by atoms with Gasteiger partial charge in [-0.2, -0.15) is 0 Å². The van der Waals surface area contributed by atoms with E-state index in [2.05, 4.69) is 31.9 Å². The summed E-state index contributed by atoms with van der Waals surface area (Å²) in [6.45, 7) is 2.55. The van der Waals surface area contributed by atoms with Crippen molar-refractivity contribution < 1.29 is 38.1 Å². The van der Waals surface area contributed by atoms with E-state index in [0.717, 1.165) is 11.1 Å². The molecule has 2 saturated heterocycles. The maximum Gasteiger partial charge on any atom is 0.417 e. The Labute approximate surface area is 338 Å². The van der Waals surface area contributed by atoms with Crippen LogP contribution >= 0.6 is 0 Å². The maximum absolute atomic E-state index is 13.8. The van der Waals surface area contributed by atoms with E-state index in [0.29, 0.717) is 100 Å². The number of piperidine rings is 2. The Balaban J connectivity index is 0.935. The van der Waals surface area contributed by atoms with Gasteiger partial charge in [-0.25, -0.2) is 19.6 Å². The molecule has 2 aromatic carbocycles. The molecule has 0 amide bonds. The quantitative estimate of drug-likeness (QED) is 0.120. The van der Waals surface area contributed by atoms with Crippen molar-refractivity contribution in [2.75, 3.05) is 40.4 Å². The van der Waals surface area contributed by atoms with Crippen LogP contribution in [0.1, 0.15) is 68.9 Å². The summed E-state index contributed by atoms with van der Waals surface area (Å²) in [5.74, 6) is -1.49. The van der Waals surface area contributed by atoms with E-state index in [4.69, 9.17) is 18.9 Å². The number of nitrogens with zero attached hydrogens (tertiary/aromatic N) is 4. The molecule has 4 aliphatic rings. The van der Waals surface area contributed by atoms with Gasteiger partial charge in [-0.3, -0.25) is 19.4 Å². The third-order valence-electron chi connectivity index (χ3n) is 12.7. The highest BCUT2D eigenvalue weighted by atomic mass is 16.6. The van der Waals surface area contributed by atoms with E-state index >= 15 is 0 Å². The van der Waals surface area contributed by atoms with Crippen molar-refractivity contribution >= 4 is 23.5 Å². The molecule has 2 aliphatic heterocycles. The number of rotatable bonds is 10. The Kier molecular flexibility index (Phi) is 11.9. The normalized spacial score (nSPS) is 22.9. The topological polar surface area (TPSA) is 137 Å². The predicted octanol–water partition coefficient (Wildman–Crippen LogP) is 5.14. The van der Waals surface area contributed by atoms with E-state index in [9.17, 15) is 19.2 Å². The number of hydrogen-bond donors (Lipinski definition) is 0. The lowest BCUT2D eigenvalue weighted by molar-refractivity contribution is -0.178. The second-order valence-corrected chi connectivity index (χ2v) is 15.8. The minimum absolute atomic E-state index is 0.0246. The average molecular weight is 787 g/mol. The number of hydrogen-bond acceptors (Lipinski definition) is 12. The summed E-state index contributed by atoms with van der Waals surface area (Å²) in [6.07, 6.45) is 6.85. The second kappa shape index (κ2) is 17.6. The molecule has 0 saturated carbocycles. The Morgan fingerprint density at radius 2 is 0.879 bits per heavy atom. The standard InChI is InChI=1S/C46H50N4O8/c1-55-37-13-7-19-47-41(37)43(51)29-15-21-49(22-16-29)35-25-31-9-3-5-11-33(31)27-39(35)57-45(53)46(54)58-40-28-34-12-6-4-10-32(34)26-36(40)50-23-17-30(18-24-50)44(52)42-38(56-2)14-8-20-48-42/h3-14,19-20,29-30,35-36,39-40H,15-18,21-28H2,1-2H3. The van der Waals surface area contributed by atoms with Crippen LogP contribution in [0.2, 0.25) is 0 Å². The minimum atomic E-state index is -0.993. The molecule has 58 heavy (non-hydrogen) atoms. The molecular formula is C46H50N4O8. The molecule has 4 aromatic rings. The van der Waals surface area contributed by atoms with E-state index in [1.165, 1.54) is 11.1 Å². The zero-order chi connectivity index (χ0) is 40.2. The number of Topliss-reactive ketones (excluding diaryl/α,β-unsaturated/α-hetero) is 2. The van der Waals surface area contributed by atoms with Crippen LogP contribution in [-0.2, 0) is 44.7 Å². The van der Waals surface area contributed by atoms with Crippen LogP contribution in [-0.4, -0.2) is 108 Å². The molecule has 8 rings (SSSR count). The smallest absolute Gasteiger partial charge is 0.417 e. The maximum atomic E-state index is 13.8. The number of ketones is 2. The molecule has 2 fully saturated rings. The monoisotopic (exact) mass is 786 g/mol. The van der Waals surface area contributed by atoms with Gasteiger partial charge in [-0.15, -0.1) is 0 Å². The lowest BCUT2D eigenvalue weighted by Crippen LogP contribution is -2.54. The van der Waals surface area contributed by atoms with Crippen LogP contribution in [0.5, 0.6) is 11.5 Å². The van der Waals surface area contributed by atoms with Crippen LogP contribution in [0.15, 0.2) is 85.2 Å². The van der Waals surface area contributed by atoms with Gasteiger partial charge in [-0.05, 0) is 111 Å². The molecule has 0 N–H and O–H groups in total. The molecule has 4 atom stereocenters. The van der Waals surface area contributed by atoms with E-state index in [-0.39, 0.29) is 35.5 Å². The van der Waals surface area contributed by atoms with Crippen molar-refractivity contribution in [3.05, 3.63) is 119 Å². The molecule has 0 bridgehead atoms. The molecule has 302 valence electrons. The van der Waals surface area contributed by atoms with Crippen molar-refractivity contribution in [1.29, 1.82) is 0 Å². The van der Waals surface area contributed by atoms with Crippen molar-refractivity contribution in [2.45, 2.75) is 75.7 Å². The summed E-state index contributed by atoms with van der Waals surface area (Å²) in [5.41, 5.74) is 5.25. The van der Waals surface area contributed by atoms with Crippen molar-refractivity contribution in [3.63, 3.8) is 0 Å². The van der Waals surface area contributed by atoms with E-state index in [1.807, 2.05) is 36.4 Å². The van der Waals surface area contributed by atoms with Gasteiger partial charge in [0.1, 0.15) is 35.1 Å². The Hall–Kier alpha value is -5.46. The number of carbonyl (C=O) groups is 4. The Bertz CT molecular complexity index is 1990. The SMILES string of the molecule is COc1cccnc1C(=O)C1CCN(C2Cc3ccccc3CC2OC(=O)C(=O)OC2Cc3ccccc3CC2N2CCC(C(=O)c3ncccc3OC)CC2)CC1. The minimum Gasteiger partial charge on any atom is -0.494 e. The average Bonchev–Trinajstić information content (AvgIpc) is 3.28. The third kappa shape index (κ3) is 8.26. The van der Waals surface area contributed by atoms with Gasteiger partial charge in [0.15, 0.2) is 11.6 Å². The van der Waals surface area contributed by atoms with Crippen molar-refractivity contribution in [2.24, 2.45) is 11.8 Å².